The molecule has 2 heterocycles. The van der Waals surface area contributed by atoms with Gasteiger partial charge in [0.2, 0.25) is 0 Å². The number of hydrogen-bond donors (Lipinski definition) is 1. The lowest BCUT2D eigenvalue weighted by Crippen LogP contribution is -2.38. The number of carbonyl (C=O) groups is 1. The highest BCUT2D eigenvalue weighted by Gasteiger charge is 2.29. The van der Waals surface area contributed by atoms with E-state index in [1.165, 1.54) is 22.5 Å². The van der Waals surface area contributed by atoms with Crippen molar-refractivity contribution in [2.24, 2.45) is 7.05 Å². The summed E-state index contributed by atoms with van der Waals surface area (Å²) in [4.78, 5) is 39.0. The molecular formula is C11H12N4O4. The molecule has 19 heavy (non-hydrogen) atoms. The van der Waals surface area contributed by atoms with Crippen molar-refractivity contribution in [1.29, 1.82) is 0 Å². The first-order valence-electron chi connectivity index (χ1n) is 5.89. The lowest BCUT2D eigenvalue weighted by atomic mass is 10.4. The fourth-order valence-corrected chi connectivity index (χ4v) is 2.19. The molecule has 0 aromatic carbocycles. The topological polar surface area (TPSA) is 99.1 Å². The molecule has 0 bridgehead atoms. The summed E-state index contributed by atoms with van der Waals surface area (Å²) in [6.07, 6.45) is 3.04. The molecule has 1 aliphatic carbocycles. The van der Waals surface area contributed by atoms with Gasteiger partial charge >= 0.3 is 11.7 Å². The van der Waals surface area contributed by atoms with E-state index in [1.54, 1.807) is 0 Å². The molecule has 1 fully saturated rings. The van der Waals surface area contributed by atoms with Crippen LogP contribution >= 0.6 is 0 Å². The van der Waals surface area contributed by atoms with Crippen molar-refractivity contribution >= 4 is 17.1 Å². The predicted octanol–water partition coefficient (Wildman–Crippen LogP) is -0.684. The normalized spacial score (nSPS) is 15.0. The summed E-state index contributed by atoms with van der Waals surface area (Å²) < 4.78 is 3.74. The van der Waals surface area contributed by atoms with Gasteiger partial charge in [-0.05, 0) is 12.8 Å². The molecule has 0 saturated heterocycles. The number of carboxylic acids is 1. The molecule has 8 heteroatoms. The first-order chi connectivity index (χ1) is 9.00. The zero-order valence-electron chi connectivity index (χ0n) is 10.2. The number of hydrogen-bond acceptors (Lipinski definition) is 4. The fraction of sp³-hybridized carbons (Fsp3) is 0.455. The summed E-state index contributed by atoms with van der Waals surface area (Å²) in [5.41, 5.74) is -0.482. The Morgan fingerprint density at radius 1 is 1.47 bits per heavy atom. The number of nitrogens with zero attached hydrogens (tertiary/aromatic N) is 4. The molecular weight excluding hydrogens is 252 g/mol. The molecule has 0 radical (unpaired) electrons. The summed E-state index contributed by atoms with van der Waals surface area (Å²) in [5, 5.41) is 8.82. The van der Waals surface area contributed by atoms with Gasteiger partial charge in [0.25, 0.3) is 5.56 Å². The van der Waals surface area contributed by atoms with E-state index in [0.717, 1.165) is 17.4 Å². The minimum atomic E-state index is -1.06. The number of aliphatic carboxylic acids is 1. The van der Waals surface area contributed by atoms with Gasteiger partial charge in [0, 0.05) is 13.1 Å². The fourth-order valence-electron chi connectivity index (χ4n) is 2.19. The predicted molar refractivity (Wildman–Crippen MR) is 65.1 cm³/mol. The van der Waals surface area contributed by atoms with Gasteiger partial charge in [-0.15, -0.1) is 0 Å². The Bertz CT molecular complexity index is 793. The number of aromatic nitrogens is 4. The van der Waals surface area contributed by atoms with Crippen molar-refractivity contribution in [2.45, 2.75) is 25.4 Å². The molecule has 2 aromatic rings. The minimum Gasteiger partial charge on any atom is -0.480 e. The Labute approximate surface area is 106 Å². The first kappa shape index (κ1) is 11.7. The van der Waals surface area contributed by atoms with E-state index in [0.29, 0.717) is 0 Å². The van der Waals surface area contributed by atoms with Crippen LogP contribution in [0.15, 0.2) is 15.9 Å². The van der Waals surface area contributed by atoms with Crippen molar-refractivity contribution in [2.75, 3.05) is 0 Å². The van der Waals surface area contributed by atoms with Crippen molar-refractivity contribution < 1.29 is 9.90 Å². The smallest absolute Gasteiger partial charge is 0.332 e. The molecule has 8 nitrogen and oxygen atoms in total. The maximum absolute atomic E-state index is 12.1. The summed E-state index contributed by atoms with van der Waals surface area (Å²) in [5.74, 6) is -1.06. The highest BCUT2D eigenvalue weighted by atomic mass is 16.4. The molecule has 0 atom stereocenters. The Morgan fingerprint density at radius 3 is 2.74 bits per heavy atom. The summed E-state index contributed by atoms with van der Waals surface area (Å²) in [7, 11) is 1.39. The number of rotatable bonds is 3. The van der Waals surface area contributed by atoms with Crippen LogP contribution in [-0.4, -0.2) is 29.8 Å². The minimum absolute atomic E-state index is 0.0648. The van der Waals surface area contributed by atoms with E-state index in [-0.39, 0.29) is 23.8 Å². The molecule has 2 aromatic heterocycles. The highest BCUT2D eigenvalue weighted by molar-refractivity contribution is 5.74. The molecule has 1 aliphatic rings. The summed E-state index contributed by atoms with van der Waals surface area (Å²) in [6, 6.07) is 0.0648. The molecule has 1 N–H and O–H groups in total. The van der Waals surface area contributed by atoms with Gasteiger partial charge in [-0.3, -0.25) is 18.7 Å². The Balaban J connectivity index is 2.38. The van der Waals surface area contributed by atoms with E-state index in [9.17, 15) is 14.4 Å². The standard InChI is InChI=1S/C11H12N4O4/c1-13-10(18)8-9(12-5-14(8)4-7(16)17)15(11(13)19)6-2-3-6/h5-6H,2-4H2,1H3,(H,16,17). The molecule has 0 spiro atoms. The zero-order valence-corrected chi connectivity index (χ0v) is 10.2. The van der Waals surface area contributed by atoms with Gasteiger partial charge in [0.1, 0.15) is 6.54 Å². The van der Waals surface area contributed by atoms with E-state index >= 15 is 0 Å². The van der Waals surface area contributed by atoms with Crippen LogP contribution < -0.4 is 11.2 Å². The molecule has 0 unspecified atom stereocenters. The van der Waals surface area contributed by atoms with E-state index in [2.05, 4.69) is 4.98 Å². The maximum atomic E-state index is 12.1. The SMILES string of the molecule is Cn1c(=O)c2c(ncn2CC(=O)O)n(C2CC2)c1=O. The highest BCUT2D eigenvalue weighted by Crippen LogP contribution is 2.34. The van der Waals surface area contributed by atoms with Crippen molar-refractivity contribution in [3.63, 3.8) is 0 Å². The number of carboxylic acid groups (broad SMARTS) is 1. The van der Waals surface area contributed by atoms with Crippen LogP contribution in [0.4, 0.5) is 0 Å². The van der Waals surface area contributed by atoms with Crippen LogP contribution in [0, 0.1) is 0 Å². The Kier molecular flexibility index (Phi) is 2.34. The monoisotopic (exact) mass is 264 g/mol. The summed E-state index contributed by atoms with van der Waals surface area (Å²) >= 11 is 0. The van der Waals surface area contributed by atoms with Crippen LogP contribution in [0.3, 0.4) is 0 Å². The van der Waals surface area contributed by atoms with Gasteiger partial charge in [0.05, 0.1) is 6.33 Å². The van der Waals surface area contributed by atoms with Crippen molar-refractivity contribution in [3.05, 3.63) is 27.2 Å². The maximum Gasteiger partial charge on any atom is 0.332 e. The van der Waals surface area contributed by atoms with Crippen LogP contribution in [-0.2, 0) is 18.4 Å². The van der Waals surface area contributed by atoms with Gasteiger partial charge in [0.15, 0.2) is 11.2 Å². The van der Waals surface area contributed by atoms with E-state index < -0.39 is 17.2 Å². The largest absolute Gasteiger partial charge is 0.480 e. The van der Waals surface area contributed by atoms with Gasteiger partial charge < -0.3 is 9.67 Å². The van der Waals surface area contributed by atoms with Gasteiger partial charge in [-0.2, -0.15) is 0 Å². The third-order valence-electron chi connectivity index (χ3n) is 3.26. The van der Waals surface area contributed by atoms with Gasteiger partial charge in [-0.25, -0.2) is 9.78 Å². The molecule has 100 valence electrons. The number of fused-ring (bicyclic) bond motifs is 1. The molecule has 1 saturated carbocycles. The van der Waals surface area contributed by atoms with Crippen LogP contribution in [0.25, 0.3) is 11.2 Å². The van der Waals surface area contributed by atoms with E-state index in [4.69, 9.17) is 5.11 Å². The molecule has 3 rings (SSSR count). The third-order valence-corrected chi connectivity index (χ3v) is 3.26. The lowest BCUT2D eigenvalue weighted by molar-refractivity contribution is -0.137. The van der Waals surface area contributed by atoms with Crippen LogP contribution in [0.1, 0.15) is 18.9 Å². The number of imidazole rings is 1. The van der Waals surface area contributed by atoms with Crippen molar-refractivity contribution in [1.82, 2.24) is 18.7 Å². The second-order valence-electron chi connectivity index (χ2n) is 4.69. The molecule has 0 amide bonds. The Hall–Kier alpha value is -2.38. The molecule has 0 aliphatic heterocycles. The Morgan fingerprint density at radius 2 is 2.16 bits per heavy atom. The lowest BCUT2D eigenvalue weighted by Gasteiger charge is -2.08. The van der Waals surface area contributed by atoms with Crippen LogP contribution in [0.5, 0.6) is 0 Å². The van der Waals surface area contributed by atoms with Gasteiger partial charge in [-0.1, -0.05) is 0 Å². The zero-order chi connectivity index (χ0) is 13.7. The third kappa shape index (κ3) is 1.67. The van der Waals surface area contributed by atoms with E-state index in [1.807, 2.05) is 0 Å². The quantitative estimate of drug-likeness (QED) is 0.791. The average Bonchev–Trinajstić information content (AvgIpc) is 3.09. The second-order valence-corrected chi connectivity index (χ2v) is 4.69. The van der Waals surface area contributed by atoms with Crippen molar-refractivity contribution in [3.8, 4) is 0 Å². The van der Waals surface area contributed by atoms with Crippen LogP contribution in [0.2, 0.25) is 0 Å². The first-order valence-corrected chi connectivity index (χ1v) is 5.89. The summed E-state index contributed by atoms with van der Waals surface area (Å²) in [6.45, 7) is -0.353. The average molecular weight is 264 g/mol. The second kappa shape index (κ2) is 3.81.